The summed E-state index contributed by atoms with van der Waals surface area (Å²) in [6.45, 7) is 0. The van der Waals surface area contributed by atoms with E-state index >= 15 is 0 Å². The maximum atomic E-state index is 10.4. The minimum atomic E-state index is -0.501. The summed E-state index contributed by atoms with van der Waals surface area (Å²) in [6.07, 6.45) is 1.67. The van der Waals surface area contributed by atoms with E-state index in [2.05, 4.69) is 4.98 Å². The molecule has 21 heavy (non-hydrogen) atoms. The average molecular weight is 277 g/mol. The quantitative estimate of drug-likeness (QED) is 0.735. The Balaban J connectivity index is 1.81. The minimum absolute atomic E-state index is 0.173. The van der Waals surface area contributed by atoms with Gasteiger partial charge in [-0.2, -0.15) is 0 Å². The van der Waals surface area contributed by atoms with E-state index in [1.54, 1.807) is 6.20 Å². The summed E-state index contributed by atoms with van der Waals surface area (Å²) in [5.74, 6) is 0.759. The van der Waals surface area contributed by atoms with Gasteiger partial charge in [0.1, 0.15) is 11.9 Å². The number of rotatable bonds is 1. The number of aliphatic hydroxyl groups excluding tert-OH is 1. The SMILES string of the molecule is O[C@@H]1CC(c2cccc3cccnc23)Oc2ccccc21. The molecule has 0 spiro atoms. The lowest BCUT2D eigenvalue weighted by atomic mass is 9.94. The Labute approximate surface area is 122 Å². The molecule has 0 bridgehead atoms. The van der Waals surface area contributed by atoms with Gasteiger partial charge in [0.25, 0.3) is 0 Å². The van der Waals surface area contributed by atoms with Crippen LogP contribution >= 0.6 is 0 Å². The molecule has 1 unspecified atom stereocenters. The number of hydrogen-bond acceptors (Lipinski definition) is 3. The number of benzene rings is 2. The number of fused-ring (bicyclic) bond motifs is 2. The highest BCUT2D eigenvalue weighted by Gasteiger charge is 2.28. The van der Waals surface area contributed by atoms with Crippen molar-refractivity contribution in [2.75, 3.05) is 0 Å². The fourth-order valence-electron chi connectivity index (χ4n) is 2.97. The van der Waals surface area contributed by atoms with E-state index in [0.29, 0.717) is 6.42 Å². The van der Waals surface area contributed by atoms with Crippen molar-refractivity contribution in [3.05, 3.63) is 71.9 Å². The average Bonchev–Trinajstić information content (AvgIpc) is 2.54. The summed E-state index contributed by atoms with van der Waals surface area (Å²) >= 11 is 0. The zero-order chi connectivity index (χ0) is 14.2. The molecule has 0 amide bonds. The number of ether oxygens (including phenoxy) is 1. The first-order valence-electron chi connectivity index (χ1n) is 7.10. The minimum Gasteiger partial charge on any atom is -0.485 e. The fourth-order valence-corrected chi connectivity index (χ4v) is 2.97. The lowest BCUT2D eigenvalue weighted by Crippen LogP contribution is -2.19. The molecule has 0 radical (unpaired) electrons. The van der Waals surface area contributed by atoms with Crippen LogP contribution in [0.1, 0.15) is 29.8 Å². The van der Waals surface area contributed by atoms with Crippen molar-refractivity contribution in [1.29, 1.82) is 0 Å². The molecule has 0 saturated carbocycles. The Morgan fingerprint density at radius 3 is 2.71 bits per heavy atom. The molecule has 0 aliphatic carbocycles. The summed E-state index contributed by atoms with van der Waals surface area (Å²) in [5, 5.41) is 11.5. The van der Waals surface area contributed by atoms with Gasteiger partial charge in [0.05, 0.1) is 11.6 Å². The Bertz CT molecular complexity index is 795. The van der Waals surface area contributed by atoms with Crippen molar-refractivity contribution in [3.8, 4) is 5.75 Å². The van der Waals surface area contributed by atoms with Crippen LogP contribution in [0.2, 0.25) is 0 Å². The van der Waals surface area contributed by atoms with E-state index in [1.165, 1.54) is 0 Å². The molecule has 1 aliphatic rings. The van der Waals surface area contributed by atoms with Crippen LogP contribution in [0.4, 0.5) is 0 Å². The number of pyridine rings is 1. The third kappa shape index (κ3) is 2.06. The molecule has 4 rings (SSSR count). The van der Waals surface area contributed by atoms with Gasteiger partial charge in [0, 0.05) is 29.1 Å². The summed E-state index contributed by atoms with van der Waals surface area (Å²) in [4.78, 5) is 4.48. The second-order valence-electron chi connectivity index (χ2n) is 5.32. The Kier molecular flexibility index (Phi) is 2.86. The van der Waals surface area contributed by atoms with E-state index in [0.717, 1.165) is 27.8 Å². The normalized spacial score (nSPS) is 20.8. The molecule has 3 aromatic rings. The zero-order valence-electron chi connectivity index (χ0n) is 11.4. The highest BCUT2D eigenvalue weighted by Crippen LogP contribution is 2.41. The van der Waals surface area contributed by atoms with Crippen LogP contribution in [0, 0.1) is 0 Å². The molecule has 0 fully saturated rings. The molecular formula is C18H15NO2. The zero-order valence-corrected chi connectivity index (χ0v) is 11.4. The molecule has 0 saturated heterocycles. The first kappa shape index (κ1) is 12.4. The van der Waals surface area contributed by atoms with Crippen LogP contribution in [0.5, 0.6) is 5.75 Å². The highest BCUT2D eigenvalue weighted by atomic mass is 16.5. The molecule has 3 nitrogen and oxygen atoms in total. The van der Waals surface area contributed by atoms with Crippen LogP contribution in [-0.2, 0) is 0 Å². The van der Waals surface area contributed by atoms with Crippen LogP contribution in [0.15, 0.2) is 60.8 Å². The van der Waals surface area contributed by atoms with Crippen LogP contribution in [-0.4, -0.2) is 10.1 Å². The van der Waals surface area contributed by atoms with E-state index in [1.807, 2.05) is 54.6 Å². The molecular weight excluding hydrogens is 262 g/mol. The predicted molar refractivity (Wildman–Crippen MR) is 81.1 cm³/mol. The van der Waals surface area contributed by atoms with Crippen LogP contribution in [0.3, 0.4) is 0 Å². The van der Waals surface area contributed by atoms with Crippen molar-refractivity contribution in [1.82, 2.24) is 4.98 Å². The van der Waals surface area contributed by atoms with E-state index < -0.39 is 6.10 Å². The Morgan fingerprint density at radius 2 is 1.76 bits per heavy atom. The Morgan fingerprint density at radius 1 is 0.952 bits per heavy atom. The summed E-state index contributed by atoms with van der Waals surface area (Å²) < 4.78 is 6.10. The summed E-state index contributed by atoms with van der Waals surface area (Å²) in [5.41, 5.74) is 2.83. The van der Waals surface area contributed by atoms with Gasteiger partial charge < -0.3 is 9.84 Å². The summed E-state index contributed by atoms with van der Waals surface area (Å²) in [7, 11) is 0. The van der Waals surface area contributed by atoms with Crippen molar-refractivity contribution in [2.45, 2.75) is 18.6 Å². The van der Waals surface area contributed by atoms with Gasteiger partial charge in [-0.3, -0.25) is 4.98 Å². The van der Waals surface area contributed by atoms with Gasteiger partial charge in [-0.05, 0) is 12.1 Å². The monoisotopic (exact) mass is 277 g/mol. The van der Waals surface area contributed by atoms with Gasteiger partial charge in [0.2, 0.25) is 0 Å². The van der Waals surface area contributed by atoms with Gasteiger partial charge in [-0.15, -0.1) is 0 Å². The number of hydrogen-bond donors (Lipinski definition) is 1. The topological polar surface area (TPSA) is 42.4 Å². The van der Waals surface area contributed by atoms with Crippen molar-refractivity contribution >= 4 is 10.9 Å². The van der Waals surface area contributed by atoms with Crippen molar-refractivity contribution in [2.24, 2.45) is 0 Å². The first-order chi connectivity index (χ1) is 10.3. The molecule has 104 valence electrons. The lowest BCUT2D eigenvalue weighted by molar-refractivity contribution is 0.0663. The maximum absolute atomic E-state index is 10.4. The standard InChI is InChI=1S/C18H15NO2/c20-15-11-17(21-16-9-2-1-7-13(15)16)14-8-3-5-12-6-4-10-19-18(12)14/h1-10,15,17,20H,11H2/t15-,17?/m1/s1. The number of aromatic nitrogens is 1. The predicted octanol–water partition coefficient (Wildman–Crippen LogP) is 3.79. The first-order valence-corrected chi connectivity index (χ1v) is 7.10. The molecule has 2 aromatic carbocycles. The van der Waals surface area contributed by atoms with E-state index in [9.17, 15) is 5.11 Å². The number of para-hydroxylation sites is 2. The summed E-state index contributed by atoms with van der Waals surface area (Å²) in [6, 6.07) is 17.7. The lowest BCUT2D eigenvalue weighted by Gasteiger charge is -2.30. The van der Waals surface area contributed by atoms with Crippen LogP contribution in [0.25, 0.3) is 10.9 Å². The van der Waals surface area contributed by atoms with Gasteiger partial charge in [-0.1, -0.05) is 42.5 Å². The Hall–Kier alpha value is -2.39. The smallest absolute Gasteiger partial charge is 0.129 e. The maximum Gasteiger partial charge on any atom is 0.129 e. The van der Waals surface area contributed by atoms with Gasteiger partial charge in [-0.25, -0.2) is 0 Å². The second kappa shape index (κ2) is 4.86. The van der Waals surface area contributed by atoms with Crippen molar-refractivity contribution < 1.29 is 9.84 Å². The molecule has 2 atom stereocenters. The molecule has 1 aromatic heterocycles. The third-order valence-electron chi connectivity index (χ3n) is 4.00. The van der Waals surface area contributed by atoms with Gasteiger partial charge in [0.15, 0.2) is 0 Å². The fraction of sp³-hybridized carbons (Fsp3) is 0.167. The van der Waals surface area contributed by atoms with Crippen molar-refractivity contribution in [3.63, 3.8) is 0 Å². The number of aliphatic hydroxyl groups is 1. The van der Waals surface area contributed by atoms with Crippen LogP contribution < -0.4 is 4.74 Å². The third-order valence-corrected chi connectivity index (χ3v) is 4.00. The van der Waals surface area contributed by atoms with Gasteiger partial charge >= 0.3 is 0 Å². The van der Waals surface area contributed by atoms with E-state index in [4.69, 9.17) is 4.74 Å². The largest absolute Gasteiger partial charge is 0.485 e. The molecule has 3 heteroatoms. The molecule has 1 aliphatic heterocycles. The molecule has 1 N–H and O–H groups in total. The highest BCUT2D eigenvalue weighted by molar-refractivity contribution is 5.82. The second-order valence-corrected chi connectivity index (χ2v) is 5.32. The number of nitrogens with zero attached hydrogens (tertiary/aromatic N) is 1. The van der Waals surface area contributed by atoms with E-state index in [-0.39, 0.29) is 6.10 Å². The molecule has 2 heterocycles.